The third kappa shape index (κ3) is 2.84. The molecule has 2 N–H and O–H groups in total. The number of aromatic nitrogens is 2. The molecule has 2 aromatic rings. The van der Waals surface area contributed by atoms with Gasteiger partial charge in [-0.05, 0) is 24.6 Å². The van der Waals surface area contributed by atoms with Crippen molar-refractivity contribution in [3.63, 3.8) is 0 Å². The standard InChI is InChI=1S/C15H18N4O2/c20-14(12-4-6-16-11-12)18-7-2-8-19(10-9-18)15(21)13-3-1-5-17-13/h1,3-6,11,16-17H,2,7-10H2. The fourth-order valence-corrected chi connectivity index (χ4v) is 2.60. The number of amides is 2. The van der Waals surface area contributed by atoms with Gasteiger partial charge >= 0.3 is 0 Å². The Balaban J connectivity index is 1.64. The van der Waals surface area contributed by atoms with Crippen LogP contribution < -0.4 is 0 Å². The summed E-state index contributed by atoms with van der Waals surface area (Å²) in [5.74, 6) is 0.0152. The van der Waals surface area contributed by atoms with Crippen LogP contribution >= 0.6 is 0 Å². The predicted molar refractivity (Wildman–Crippen MR) is 78.0 cm³/mol. The minimum atomic E-state index is -0.00376. The Bertz CT molecular complexity index is 549. The van der Waals surface area contributed by atoms with Crippen LogP contribution in [0.3, 0.4) is 0 Å². The van der Waals surface area contributed by atoms with Crippen molar-refractivity contribution in [1.82, 2.24) is 19.8 Å². The summed E-state index contributed by atoms with van der Waals surface area (Å²) >= 11 is 0. The van der Waals surface area contributed by atoms with Crippen molar-refractivity contribution in [2.75, 3.05) is 26.2 Å². The lowest BCUT2D eigenvalue weighted by Gasteiger charge is -2.21. The van der Waals surface area contributed by atoms with Crippen LogP contribution in [-0.4, -0.2) is 57.8 Å². The smallest absolute Gasteiger partial charge is 0.270 e. The third-order valence-electron chi connectivity index (χ3n) is 3.74. The van der Waals surface area contributed by atoms with Crippen LogP contribution in [0.1, 0.15) is 27.3 Å². The summed E-state index contributed by atoms with van der Waals surface area (Å²) in [6.07, 6.45) is 5.98. The number of carbonyl (C=O) groups excluding carboxylic acids is 2. The van der Waals surface area contributed by atoms with E-state index < -0.39 is 0 Å². The Morgan fingerprint density at radius 1 is 0.952 bits per heavy atom. The summed E-state index contributed by atoms with van der Waals surface area (Å²) in [4.78, 5) is 34.1. The molecule has 0 saturated carbocycles. The molecule has 0 radical (unpaired) electrons. The van der Waals surface area contributed by atoms with Crippen LogP contribution in [-0.2, 0) is 0 Å². The molecule has 0 atom stereocenters. The van der Waals surface area contributed by atoms with Gasteiger partial charge in [0.15, 0.2) is 0 Å². The van der Waals surface area contributed by atoms with E-state index in [2.05, 4.69) is 9.97 Å². The molecular formula is C15H18N4O2. The molecule has 0 bridgehead atoms. The maximum absolute atomic E-state index is 12.3. The summed E-state index contributed by atoms with van der Waals surface area (Å²) < 4.78 is 0. The lowest BCUT2D eigenvalue weighted by Crippen LogP contribution is -2.37. The van der Waals surface area contributed by atoms with E-state index in [1.165, 1.54) is 0 Å². The summed E-state index contributed by atoms with van der Waals surface area (Å²) in [5, 5.41) is 0. The topological polar surface area (TPSA) is 72.2 Å². The highest BCUT2D eigenvalue weighted by molar-refractivity contribution is 5.94. The quantitative estimate of drug-likeness (QED) is 0.874. The number of carbonyl (C=O) groups is 2. The van der Waals surface area contributed by atoms with Crippen LogP contribution in [0.4, 0.5) is 0 Å². The zero-order chi connectivity index (χ0) is 14.7. The molecule has 110 valence electrons. The molecular weight excluding hydrogens is 268 g/mol. The van der Waals surface area contributed by atoms with E-state index in [0.29, 0.717) is 37.4 Å². The lowest BCUT2D eigenvalue weighted by molar-refractivity contribution is 0.0716. The van der Waals surface area contributed by atoms with E-state index in [1.807, 2.05) is 11.0 Å². The average molecular weight is 286 g/mol. The van der Waals surface area contributed by atoms with Crippen LogP contribution in [0.5, 0.6) is 0 Å². The Labute approximate surface area is 122 Å². The van der Waals surface area contributed by atoms with Crippen LogP contribution in [0, 0.1) is 0 Å². The van der Waals surface area contributed by atoms with Crippen molar-refractivity contribution >= 4 is 11.8 Å². The molecule has 1 saturated heterocycles. The van der Waals surface area contributed by atoms with Crippen molar-refractivity contribution in [2.45, 2.75) is 6.42 Å². The number of H-pyrrole nitrogens is 2. The molecule has 0 unspecified atom stereocenters. The monoisotopic (exact) mass is 286 g/mol. The normalized spacial score (nSPS) is 15.8. The first-order valence-corrected chi connectivity index (χ1v) is 7.10. The maximum Gasteiger partial charge on any atom is 0.270 e. The SMILES string of the molecule is O=C(c1cc[nH]c1)N1CCCN(C(=O)c2ccc[nH]2)CC1. The Morgan fingerprint density at radius 2 is 1.71 bits per heavy atom. The van der Waals surface area contributed by atoms with Gasteiger partial charge in [0.25, 0.3) is 11.8 Å². The third-order valence-corrected chi connectivity index (χ3v) is 3.74. The van der Waals surface area contributed by atoms with E-state index in [-0.39, 0.29) is 11.8 Å². The molecule has 1 aliphatic heterocycles. The number of hydrogen-bond donors (Lipinski definition) is 2. The summed E-state index contributed by atoms with van der Waals surface area (Å²) in [6.45, 7) is 2.48. The molecule has 1 aliphatic rings. The molecule has 6 heteroatoms. The van der Waals surface area contributed by atoms with Crippen molar-refractivity contribution in [3.05, 3.63) is 48.0 Å². The number of hydrogen-bond acceptors (Lipinski definition) is 2. The average Bonchev–Trinajstić information content (AvgIpc) is 3.15. The highest BCUT2D eigenvalue weighted by atomic mass is 16.2. The molecule has 3 rings (SSSR count). The molecule has 0 aromatic carbocycles. The van der Waals surface area contributed by atoms with Crippen LogP contribution in [0.15, 0.2) is 36.8 Å². The van der Waals surface area contributed by atoms with Crippen molar-refractivity contribution in [1.29, 1.82) is 0 Å². The van der Waals surface area contributed by atoms with E-state index in [1.54, 1.807) is 35.6 Å². The minimum Gasteiger partial charge on any atom is -0.367 e. The first-order valence-electron chi connectivity index (χ1n) is 7.10. The second-order valence-electron chi connectivity index (χ2n) is 5.12. The van der Waals surface area contributed by atoms with E-state index >= 15 is 0 Å². The van der Waals surface area contributed by atoms with Crippen LogP contribution in [0.2, 0.25) is 0 Å². The molecule has 1 fully saturated rings. The van der Waals surface area contributed by atoms with Gasteiger partial charge in [0.05, 0.1) is 5.56 Å². The zero-order valence-corrected chi connectivity index (χ0v) is 11.7. The van der Waals surface area contributed by atoms with Crippen molar-refractivity contribution in [3.8, 4) is 0 Å². The summed E-state index contributed by atoms with van der Waals surface area (Å²) in [5.41, 5.74) is 1.26. The maximum atomic E-state index is 12.3. The van der Waals surface area contributed by atoms with Crippen molar-refractivity contribution < 1.29 is 9.59 Å². The molecule has 0 aliphatic carbocycles. The molecule has 21 heavy (non-hydrogen) atoms. The first-order chi connectivity index (χ1) is 10.3. The second kappa shape index (κ2) is 5.87. The number of rotatable bonds is 2. The van der Waals surface area contributed by atoms with Gasteiger partial charge in [-0.2, -0.15) is 0 Å². The number of aromatic amines is 2. The fourth-order valence-electron chi connectivity index (χ4n) is 2.60. The molecule has 0 spiro atoms. The minimum absolute atomic E-state index is 0.00376. The van der Waals surface area contributed by atoms with Gasteiger partial charge in [0, 0.05) is 44.8 Å². The lowest BCUT2D eigenvalue weighted by atomic mass is 10.3. The molecule has 2 aromatic heterocycles. The highest BCUT2D eigenvalue weighted by Crippen LogP contribution is 2.11. The molecule has 3 heterocycles. The van der Waals surface area contributed by atoms with Gasteiger partial charge in [-0.25, -0.2) is 0 Å². The summed E-state index contributed by atoms with van der Waals surface area (Å²) in [7, 11) is 0. The van der Waals surface area contributed by atoms with Crippen molar-refractivity contribution in [2.24, 2.45) is 0 Å². The van der Waals surface area contributed by atoms with Gasteiger partial charge in [-0.1, -0.05) is 0 Å². The van der Waals surface area contributed by atoms with E-state index in [4.69, 9.17) is 0 Å². The van der Waals surface area contributed by atoms with E-state index in [0.717, 1.165) is 6.42 Å². The second-order valence-corrected chi connectivity index (χ2v) is 5.12. The van der Waals surface area contributed by atoms with Gasteiger partial charge in [-0.3, -0.25) is 9.59 Å². The van der Waals surface area contributed by atoms with Gasteiger partial charge in [0.1, 0.15) is 5.69 Å². The zero-order valence-electron chi connectivity index (χ0n) is 11.7. The molecule has 2 amide bonds. The largest absolute Gasteiger partial charge is 0.367 e. The van der Waals surface area contributed by atoms with Gasteiger partial charge < -0.3 is 19.8 Å². The predicted octanol–water partition coefficient (Wildman–Crippen LogP) is 1.33. The Kier molecular flexibility index (Phi) is 3.77. The fraction of sp³-hybridized carbons (Fsp3) is 0.333. The highest BCUT2D eigenvalue weighted by Gasteiger charge is 2.23. The Morgan fingerprint density at radius 3 is 2.33 bits per heavy atom. The van der Waals surface area contributed by atoms with Gasteiger partial charge in [-0.15, -0.1) is 0 Å². The number of nitrogens with one attached hydrogen (secondary N) is 2. The Hall–Kier alpha value is -2.50. The molecule has 6 nitrogen and oxygen atoms in total. The number of nitrogens with zero attached hydrogens (tertiary/aromatic N) is 2. The van der Waals surface area contributed by atoms with E-state index in [9.17, 15) is 9.59 Å². The van der Waals surface area contributed by atoms with Gasteiger partial charge in [0.2, 0.25) is 0 Å². The summed E-state index contributed by atoms with van der Waals surface area (Å²) in [6, 6.07) is 5.36. The first kappa shape index (κ1) is 13.5. The van der Waals surface area contributed by atoms with Crippen LogP contribution in [0.25, 0.3) is 0 Å².